The van der Waals surface area contributed by atoms with Gasteiger partial charge in [0.25, 0.3) is 5.91 Å². The van der Waals surface area contributed by atoms with E-state index in [1.54, 1.807) is 43.0 Å². The van der Waals surface area contributed by atoms with Crippen molar-refractivity contribution in [2.45, 2.75) is 38.3 Å². The molecule has 21 heavy (non-hydrogen) atoms. The molecule has 1 saturated heterocycles. The first-order valence-corrected chi connectivity index (χ1v) is 7.32. The molecule has 1 aliphatic heterocycles. The van der Waals surface area contributed by atoms with Crippen LogP contribution in [0.2, 0.25) is 0 Å². The lowest BCUT2D eigenvalue weighted by molar-refractivity contribution is -0.138. The Balaban J connectivity index is 2.03. The lowest BCUT2D eigenvalue weighted by Gasteiger charge is -2.36. The number of amides is 2. The molecule has 1 aromatic carbocycles. The van der Waals surface area contributed by atoms with Crippen molar-refractivity contribution in [3.05, 3.63) is 35.9 Å². The Morgan fingerprint density at radius 3 is 2.57 bits per heavy atom. The predicted octanol–water partition coefficient (Wildman–Crippen LogP) is 1.14. The van der Waals surface area contributed by atoms with Gasteiger partial charge in [0.15, 0.2) is 0 Å². The van der Waals surface area contributed by atoms with E-state index in [-0.39, 0.29) is 17.9 Å². The van der Waals surface area contributed by atoms with Crippen molar-refractivity contribution in [1.29, 1.82) is 0 Å². The molecule has 1 atom stereocenters. The van der Waals surface area contributed by atoms with Crippen molar-refractivity contribution in [3.8, 4) is 0 Å². The fourth-order valence-corrected chi connectivity index (χ4v) is 2.59. The molecule has 0 aromatic heterocycles. The molecular formula is C16H23N3O2. The van der Waals surface area contributed by atoms with E-state index < -0.39 is 5.54 Å². The summed E-state index contributed by atoms with van der Waals surface area (Å²) >= 11 is 0. The van der Waals surface area contributed by atoms with Gasteiger partial charge in [0.1, 0.15) is 5.54 Å². The number of piperidine rings is 1. The van der Waals surface area contributed by atoms with Gasteiger partial charge in [-0.15, -0.1) is 0 Å². The first-order valence-electron chi connectivity index (χ1n) is 7.32. The minimum atomic E-state index is -0.940. The van der Waals surface area contributed by atoms with Crippen LogP contribution in [0.3, 0.4) is 0 Å². The zero-order valence-electron chi connectivity index (χ0n) is 12.6. The van der Waals surface area contributed by atoms with E-state index in [1.807, 2.05) is 6.07 Å². The summed E-state index contributed by atoms with van der Waals surface area (Å²) in [5.41, 5.74) is 5.53. The van der Waals surface area contributed by atoms with E-state index in [0.717, 1.165) is 12.8 Å². The van der Waals surface area contributed by atoms with Crippen LogP contribution in [0.25, 0.3) is 0 Å². The Hall–Kier alpha value is -1.88. The zero-order valence-corrected chi connectivity index (χ0v) is 12.6. The third-order valence-electron chi connectivity index (χ3n) is 3.74. The second-order valence-electron chi connectivity index (χ2n) is 6.10. The van der Waals surface area contributed by atoms with Crippen LogP contribution in [0.4, 0.5) is 0 Å². The highest BCUT2D eigenvalue weighted by molar-refractivity contribution is 5.98. The van der Waals surface area contributed by atoms with Gasteiger partial charge in [-0.05, 0) is 38.8 Å². The number of hydrogen-bond acceptors (Lipinski definition) is 3. The fraction of sp³-hybridized carbons (Fsp3) is 0.500. The van der Waals surface area contributed by atoms with Gasteiger partial charge in [-0.3, -0.25) is 9.59 Å². The highest BCUT2D eigenvalue weighted by Crippen LogP contribution is 2.15. The number of nitrogens with zero attached hydrogens (tertiary/aromatic N) is 1. The van der Waals surface area contributed by atoms with Gasteiger partial charge in [0, 0.05) is 24.7 Å². The Morgan fingerprint density at radius 1 is 1.29 bits per heavy atom. The summed E-state index contributed by atoms with van der Waals surface area (Å²) in [6, 6.07) is 8.94. The van der Waals surface area contributed by atoms with E-state index in [9.17, 15) is 9.59 Å². The molecule has 1 aliphatic rings. The van der Waals surface area contributed by atoms with Crippen LogP contribution >= 0.6 is 0 Å². The zero-order chi connectivity index (χ0) is 15.5. The first kappa shape index (κ1) is 15.5. The van der Waals surface area contributed by atoms with Gasteiger partial charge >= 0.3 is 0 Å². The van der Waals surface area contributed by atoms with Gasteiger partial charge in [-0.25, -0.2) is 0 Å². The Bertz CT molecular complexity index is 514. The van der Waals surface area contributed by atoms with Gasteiger partial charge < -0.3 is 16.0 Å². The summed E-state index contributed by atoms with van der Waals surface area (Å²) in [6.45, 7) is 4.73. The SMILES string of the molecule is CC(C)(NC(=O)c1ccccc1)C(=O)N1CCC[C@@H](N)C1. The standard InChI is InChI=1S/C16H23N3O2/c1-16(2,15(21)19-10-6-9-13(17)11-19)18-14(20)12-7-4-3-5-8-12/h3-5,7-8,13H,6,9-11,17H2,1-2H3,(H,18,20)/t13-/m1/s1. The number of benzene rings is 1. The van der Waals surface area contributed by atoms with E-state index in [0.29, 0.717) is 18.7 Å². The second-order valence-corrected chi connectivity index (χ2v) is 6.10. The van der Waals surface area contributed by atoms with Crippen molar-refractivity contribution in [2.75, 3.05) is 13.1 Å². The van der Waals surface area contributed by atoms with Crippen LogP contribution in [0, 0.1) is 0 Å². The van der Waals surface area contributed by atoms with Crippen molar-refractivity contribution in [2.24, 2.45) is 5.73 Å². The molecule has 0 spiro atoms. The maximum Gasteiger partial charge on any atom is 0.252 e. The molecule has 1 heterocycles. The molecule has 0 radical (unpaired) electrons. The van der Waals surface area contributed by atoms with Gasteiger partial charge in [-0.2, -0.15) is 0 Å². The minimum Gasteiger partial charge on any atom is -0.339 e. The highest BCUT2D eigenvalue weighted by Gasteiger charge is 2.35. The Morgan fingerprint density at radius 2 is 1.95 bits per heavy atom. The molecule has 0 saturated carbocycles. The molecule has 2 amide bonds. The fourth-order valence-electron chi connectivity index (χ4n) is 2.59. The summed E-state index contributed by atoms with van der Waals surface area (Å²) in [7, 11) is 0. The molecule has 114 valence electrons. The molecule has 5 nitrogen and oxygen atoms in total. The van der Waals surface area contributed by atoms with Crippen molar-refractivity contribution >= 4 is 11.8 Å². The van der Waals surface area contributed by atoms with Crippen LogP contribution < -0.4 is 11.1 Å². The van der Waals surface area contributed by atoms with E-state index >= 15 is 0 Å². The molecular weight excluding hydrogens is 266 g/mol. The summed E-state index contributed by atoms with van der Waals surface area (Å²) in [5, 5.41) is 2.81. The predicted molar refractivity (Wildman–Crippen MR) is 81.8 cm³/mol. The number of nitrogens with two attached hydrogens (primary N) is 1. The van der Waals surface area contributed by atoms with Crippen LogP contribution in [0.5, 0.6) is 0 Å². The average Bonchev–Trinajstić information content (AvgIpc) is 2.47. The van der Waals surface area contributed by atoms with E-state index in [4.69, 9.17) is 5.73 Å². The highest BCUT2D eigenvalue weighted by atomic mass is 16.2. The van der Waals surface area contributed by atoms with Crippen LogP contribution in [0.1, 0.15) is 37.0 Å². The average molecular weight is 289 g/mol. The number of likely N-dealkylation sites (tertiary alicyclic amines) is 1. The van der Waals surface area contributed by atoms with Gasteiger partial charge in [-0.1, -0.05) is 18.2 Å². The molecule has 5 heteroatoms. The molecule has 1 aromatic rings. The summed E-state index contributed by atoms with van der Waals surface area (Å²) in [6.07, 6.45) is 1.86. The van der Waals surface area contributed by atoms with Gasteiger partial charge in [0.2, 0.25) is 5.91 Å². The van der Waals surface area contributed by atoms with Crippen molar-refractivity contribution in [1.82, 2.24) is 10.2 Å². The number of carbonyl (C=O) groups excluding carboxylic acids is 2. The summed E-state index contributed by atoms with van der Waals surface area (Å²) < 4.78 is 0. The summed E-state index contributed by atoms with van der Waals surface area (Å²) in [5.74, 6) is -0.322. The molecule has 2 rings (SSSR count). The third-order valence-corrected chi connectivity index (χ3v) is 3.74. The maximum absolute atomic E-state index is 12.6. The van der Waals surface area contributed by atoms with Crippen molar-refractivity contribution in [3.63, 3.8) is 0 Å². The molecule has 0 unspecified atom stereocenters. The number of rotatable bonds is 3. The smallest absolute Gasteiger partial charge is 0.252 e. The third kappa shape index (κ3) is 3.82. The van der Waals surface area contributed by atoms with Crippen LogP contribution in [-0.4, -0.2) is 41.4 Å². The van der Waals surface area contributed by atoms with Crippen LogP contribution in [0.15, 0.2) is 30.3 Å². The quantitative estimate of drug-likeness (QED) is 0.876. The van der Waals surface area contributed by atoms with E-state index in [1.165, 1.54) is 0 Å². The lowest BCUT2D eigenvalue weighted by Crippen LogP contribution is -2.58. The minimum absolute atomic E-state index is 0.0309. The van der Waals surface area contributed by atoms with Crippen LogP contribution in [-0.2, 0) is 4.79 Å². The Labute approximate surface area is 125 Å². The first-order chi connectivity index (χ1) is 9.90. The maximum atomic E-state index is 12.6. The Kier molecular flexibility index (Phi) is 4.63. The molecule has 0 aliphatic carbocycles. The van der Waals surface area contributed by atoms with Crippen molar-refractivity contribution < 1.29 is 9.59 Å². The largest absolute Gasteiger partial charge is 0.339 e. The number of carbonyl (C=O) groups is 2. The second kappa shape index (κ2) is 6.26. The van der Waals surface area contributed by atoms with Gasteiger partial charge in [0.05, 0.1) is 0 Å². The monoisotopic (exact) mass is 289 g/mol. The number of hydrogen-bond donors (Lipinski definition) is 2. The summed E-state index contributed by atoms with van der Waals surface area (Å²) in [4.78, 5) is 26.5. The van der Waals surface area contributed by atoms with E-state index in [2.05, 4.69) is 5.32 Å². The normalized spacial score (nSPS) is 19.2. The topological polar surface area (TPSA) is 75.4 Å². The molecule has 3 N–H and O–H groups in total. The number of nitrogens with one attached hydrogen (secondary N) is 1. The molecule has 1 fully saturated rings. The molecule has 0 bridgehead atoms. The lowest BCUT2D eigenvalue weighted by atomic mass is 9.99.